The summed E-state index contributed by atoms with van der Waals surface area (Å²) in [4.78, 5) is 2.66. The van der Waals surface area contributed by atoms with Crippen LogP contribution in [0.1, 0.15) is 17.5 Å². The Kier molecular flexibility index (Phi) is 4.26. The number of phenolic OH excluding ortho intramolecular Hbond substituents is 1. The second-order valence-electron chi connectivity index (χ2n) is 3.25. The molecule has 4 heteroatoms. The van der Waals surface area contributed by atoms with Crippen LogP contribution in [0.4, 0.5) is 0 Å². The van der Waals surface area contributed by atoms with E-state index in [0.717, 1.165) is 11.1 Å². The number of aryl methyl sites for hydroxylation is 1. The molecule has 0 aliphatic rings. The highest BCUT2D eigenvalue weighted by Crippen LogP contribution is 2.16. The summed E-state index contributed by atoms with van der Waals surface area (Å²) in [6, 6.07) is 5.37. The molecular formula is C11H13N3O. The Morgan fingerprint density at radius 1 is 1.47 bits per heavy atom. The summed E-state index contributed by atoms with van der Waals surface area (Å²) in [5, 5.41) is 12.8. The third-order valence-corrected chi connectivity index (χ3v) is 1.85. The zero-order valence-corrected chi connectivity index (χ0v) is 8.59. The van der Waals surface area contributed by atoms with Crippen molar-refractivity contribution in [1.29, 1.82) is 0 Å². The van der Waals surface area contributed by atoms with E-state index < -0.39 is 0 Å². The smallest absolute Gasteiger partial charge is 0.116 e. The predicted octanol–water partition coefficient (Wildman–Crippen LogP) is 3.41. The molecule has 0 unspecified atom stereocenters. The number of hydrogen-bond acceptors (Lipinski definition) is 2. The van der Waals surface area contributed by atoms with Crippen molar-refractivity contribution in [3.8, 4) is 5.75 Å². The normalized spacial score (nSPS) is 10.2. The van der Waals surface area contributed by atoms with Gasteiger partial charge in [-0.1, -0.05) is 23.3 Å². The average Bonchev–Trinajstić information content (AvgIpc) is 2.16. The largest absolute Gasteiger partial charge is 0.508 e. The highest BCUT2D eigenvalue weighted by Gasteiger charge is 1.92. The average molecular weight is 203 g/mol. The van der Waals surface area contributed by atoms with Crippen molar-refractivity contribution in [3.05, 3.63) is 45.8 Å². The van der Waals surface area contributed by atoms with E-state index in [9.17, 15) is 5.11 Å². The van der Waals surface area contributed by atoms with Crippen molar-refractivity contribution in [3.63, 3.8) is 0 Å². The first kappa shape index (κ1) is 11.1. The molecule has 0 saturated carbocycles. The molecule has 1 N–H and O–H groups in total. The first-order valence-electron chi connectivity index (χ1n) is 4.70. The number of nitrogens with zero attached hydrogens (tertiary/aromatic N) is 3. The molecule has 15 heavy (non-hydrogen) atoms. The Morgan fingerprint density at radius 3 is 2.93 bits per heavy atom. The summed E-state index contributed by atoms with van der Waals surface area (Å²) >= 11 is 0. The summed E-state index contributed by atoms with van der Waals surface area (Å²) in [5.74, 6) is 0.268. The highest BCUT2D eigenvalue weighted by molar-refractivity contribution is 5.53. The van der Waals surface area contributed by atoms with E-state index >= 15 is 0 Å². The van der Waals surface area contributed by atoms with E-state index in [-0.39, 0.29) is 5.75 Å². The van der Waals surface area contributed by atoms with Gasteiger partial charge in [0.1, 0.15) is 5.75 Å². The van der Waals surface area contributed by atoms with Gasteiger partial charge in [-0.25, -0.2) is 0 Å². The van der Waals surface area contributed by atoms with E-state index in [4.69, 9.17) is 5.53 Å². The van der Waals surface area contributed by atoms with Gasteiger partial charge in [-0.3, -0.25) is 0 Å². The van der Waals surface area contributed by atoms with Gasteiger partial charge in [-0.2, -0.15) is 0 Å². The number of rotatable bonds is 4. The lowest BCUT2D eigenvalue weighted by atomic mass is 10.1. The van der Waals surface area contributed by atoms with Crippen LogP contribution in [-0.2, 0) is 0 Å². The van der Waals surface area contributed by atoms with Gasteiger partial charge in [0.25, 0.3) is 0 Å². The quantitative estimate of drug-likeness (QED) is 0.346. The second kappa shape index (κ2) is 5.73. The Balaban J connectivity index is 2.59. The summed E-state index contributed by atoms with van der Waals surface area (Å²) in [6.45, 7) is 2.39. The minimum Gasteiger partial charge on any atom is -0.508 e. The SMILES string of the molecule is Cc1cc(O)cc(C=CCCN=[N+]=[N-])c1. The fraction of sp³-hybridized carbons (Fsp3) is 0.273. The van der Waals surface area contributed by atoms with Crippen LogP contribution in [0, 0.1) is 6.92 Å². The van der Waals surface area contributed by atoms with E-state index in [1.807, 2.05) is 25.1 Å². The van der Waals surface area contributed by atoms with Gasteiger partial charge in [0.15, 0.2) is 0 Å². The van der Waals surface area contributed by atoms with E-state index in [0.29, 0.717) is 13.0 Å². The monoisotopic (exact) mass is 203 g/mol. The molecule has 0 atom stereocenters. The lowest BCUT2D eigenvalue weighted by Crippen LogP contribution is -1.77. The maximum absolute atomic E-state index is 9.33. The van der Waals surface area contributed by atoms with Crippen LogP contribution < -0.4 is 0 Å². The number of phenols is 1. The van der Waals surface area contributed by atoms with Crippen LogP contribution in [0.15, 0.2) is 29.4 Å². The van der Waals surface area contributed by atoms with Gasteiger partial charge in [0.05, 0.1) is 0 Å². The van der Waals surface area contributed by atoms with E-state index in [2.05, 4.69) is 10.0 Å². The molecule has 4 nitrogen and oxygen atoms in total. The fourth-order valence-corrected chi connectivity index (χ4v) is 1.28. The van der Waals surface area contributed by atoms with Crippen molar-refractivity contribution in [2.45, 2.75) is 13.3 Å². The first-order valence-corrected chi connectivity index (χ1v) is 4.70. The summed E-state index contributed by atoms with van der Waals surface area (Å²) in [7, 11) is 0. The number of aromatic hydroxyl groups is 1. The van der Waals surface area contributed by atoms with Crippen molar-refractivity contribution >= 4 is 6.08 Å². The van der Waals surface area contributed by atoms with Gasteiger partial charge in [0, 0.05) is 11.5 Å². The lowest BCUT2D eigenvalue weighted by molar-refractivity contribution is 0.475. The molecule has 1 aromatic carbocycles. The fourth-order valence-electron chi connectivity index (χ4n) is 1.28. The third-order valence-electron chi connectivity index (χ3n) is 1.85. The van der Waals surface area contributed by atoms with Crippen LogP contribution >= 0.6 is 0 Å². The van der Waals surface area contributed by atoms with E-state index in [1.54, 1.807) is 12.1 Å². The Morgan fingerprint density at radius 2 is 2.27 bits per heavy atom. The second-order valence-corrected chi connectivity index (χ2v) is 3.25. The van der Waals surface area contributed by atoms with Gasteiger partial charge < -0.3 is 5.11 Å². The molecule has 0 heterocycles. The number of hydrogen-bond donors (Lipinski definition) is 1. The van der Waals surface area contributed by atoms with Gasteiger partial charge in [-0.15, -0.1) is 0 Å². The Hall–Kier alpha value is -1.93. The highest BCUT2D eigenvalue weighted by atomic mass is 16.3. The molecule has 0 saturated heterocycles. The Bertz CT molecular complexity index is 386. The van der Waals surface area contributed by atoms with Gasteiger partial charge in [0.2, 0.25) is 0 Å². The number of benzene rings is 1. The van der Waals surface area contributed by atoms with E-state index in [1.165, 1.54) is 0 Å². The van der Waals surface area contributed by atoms with Crippen molar-refractivity contribution in [2.75, 3.05) is 6.54 Å². The van der Waals surface area contributed by atoms with Crippen LogP contribution in [0.5, 0.6) is 5.75 Å². The Labute approximate surface area is 88.5 Å². The van der Waals surface area contributed by atoms with Crippen LogP contribution in [0.3, 0.4) is 0 Å². The zero-order valence-electron chi connectivity index (χ0n) is 8.59. The molecule has 0 fully saturated rings. The first-order chi connectivity index (χ1) is 7.22. The molecule has 0 radical (unpaired) electrons. The summed E-state index contributed by atoms with van der Waals surface area (Å²) in [6.07, 6.45) is 4.53. The molecule has 0 aromatic heterocycles. The minimum atomic E-state index is 0.268. The summed E-state index contributed by atoms with van der Waals surface area (Å²) in [5.41, 5.74) is 10.0. The van der Waals surface area contributed by atoms with Crippen LogP contribution in [-0.4, -0.2) is 11.7 Å². The topological polar surface area (TPSA) is 69.0 Å². The van der Waals surface area contributed by atoms with Gasteiger partial charge in [-0.05, 0) is 42.1 Å². The van der Waals surface area contributed by atoms with Crippen LogP contribution in [0.25, 0.3) is 16.5 Å². The molecule has 0 amide bonds. The minimum absolute atomic E-state index is 0.268. The van der Waals surface area contributed by atoms with Crippen molar-refractivity contribution in [2.24, 2.45) is 5.11 Å². The molecule has 1 aromatic rings. The molecule has 0 aliphatic carbocycles. The zero-order chi connectivity index (χ0) is 11.1. The van der Waals surface area contributed by atoms with Crippen molar-refractivity contribution in [1.82, 2.24) is 0 Å². The maximum Gasteiger partial charge on any atom is 0.116 e. The molecule has 0 bridgehead atoms. The summed E-state index contributed by atoms with van der Waals surface area (Å²) < 4.78 is 0. The third kappa shape index (κ3) is 4.20. The lowest BCUT2D eigenvalue weighted by Gasteiger charge is -1.98. The standard InChI is InChI=1S/C11H13N3O/c1-9-6-10(8-11(15)7-9)4-2-3-5-13-14-12/h2,4,6-8,15H,3,5H2,1H3. The molecule has 0 spiro atoms. The maximum atomic E-state index is 9.33. The molecule has 1 rings (SSSR count). The van der Waals surface area contributed by atoms with Crippen LogP contribution in [0.2, 0.25) is 0 Å². The van der Waals surface area contributed by atoms with Gasteiger partial charge >= 0.3 is 0 Å². The molecule has 0 aliphatic heterocycles. The molecule has 78 valence electrons. The number of azide groups is 1. The van der Waals surface area contributed by atoms with Crippen molar-refractivity contribution < 1.29 is 5.11 Å². The predicted molar refractivity (Wildman–Crippen MR) is 60.5 cm³/mol. The molecular weight excluding hydrogens is 190 g/mol.